The smallest absolute Gasteiger partial charge is 0.341 e. The van der Waals surface area contributed by atoms with Gasteiger partial charge < -0.3 is 9.64 Å². The zero-order valence-electron chi connectivity index (χ0n) is 20.1. The summed E-state index contributed by atoms with van der Waals surface area (Å²) in [5.41, 5.74) is 2.50. The number of amidine groups is 1. The van der Waals surface area contributed by atoms with Crippen LogP contribution in [0.25, 0.3) is 0 Å². The molecule has 1 aliphatic heterocycles. The molecular formula is C31H27ClN2O2. The molecule has 4 aromatic carbocycles. The number of carbonyl (C=O) groups excluding carboxylic acids is 1. The topological polar surface area (TPSA) is 41.9 Å². The number of rotatable bonds is 7. The molecule has 0 bridgehead atoms. The number of hydrogen-bond acceptors (Lipinski definition) is 4. The minimum atomic E-state index is -1.28. The summed E-state index contributed by atoms with van der Waals surface area (Å²) in [5, 5.41) is 0.682. The average Bonchev–Trinajstić information content (AvgIpc) is 3.27. The number of nitrogens with zero attached hydrogens (tertiary/aromatic N) is 2. The molecule has 0 aliphatic carbocycles. The molecule has 1 heterocycles. The molecule has 2 atom stereocenters. The molecule has 4 nitrogen and oxygen atoms in total. The highest BCUT2D eigenvalue weighted by Crippen LogP contribution is 2.50. The van der Waals surface area contributed by atoms with Crippen LogP contribution in [0.4, 0.5) is 0 Å². The highest BCUT2D eigenvalue weighted by Gasteiger charge is 2.57. The largest absolute Gasteiger partial charge is 0.464 e. The maximum atomic E-state index is 14.0. The first kappa shape index (κ1) is 23.8. The molecule has 0 amide bonds. The Kier molecular flexibility index (Phi) is 6.88. The summed E-state index contributed by atoms with van der Waals surface area (Å²) in [5.74, 6) is 0.383. The minimum Gasteiger partial charge on any atom is -0.464 e. The van der Waals surface area contributed by atoms with E-state index in [0.717, 1.165) is 28.1 Å². The monoisotopic (exact) mass is 494 g/mol. The number of hydrogen-bond donors (Lipinski definition) is 0. The lowest BCUT2D eigenvalue weighted by atomic mass is 9.79. The Morgan fingerprint density at radius 3 is 2.06 bits per heavy atom. The van der Waals surface area contributed by atoms with E-state index >= 15 is 0 Å². The average molecular weight is 495 g/mol. The molecule has 180 valence electrons. The van der Waals surface area contributed by atoms with Crippen molar-refractivity contribution in [2.75, 3.05) is 6.61 Å². The molecule has 0 unspecified atom stereocenters. The van der Waals surface area contributed by atoms with E-state index in [9.17, 15) is 4.79 Å². The molecule has 1 aliphatic rings. The van der Waals surface area contributed by atoms with Crippen molar-refractivity contribution in [2.45, 2.75) is 25.0 Å². The molecule has 0 spiro atoms. The van der Waals surface area contributed by atoms with E-state index < -0.39 is 11.6 Å². The van der Waals surface area contributed by atoms with Gasteiger partial charge in [0, 0.05) is 17.1 Å². The second-order valence-corrected chi connectivity index (χ2v) is 9.16. The van der Waals surface area contributed by atoms with Gasteiger partial charge in [-0.2, -0.15) is 0 Å². The Balaban J connectivity index is 1.78. The Bertz CT molecular complexity index is 1340. The number of carbonyl (C=O) groups is 1. The van der Waals surface area contributed by atoms with Gasteiger partial charge in [-0.1, -0.05) is 115 Å². The van der Waals surface area contributed by atoms with Crippen LogP contribution in [0.15, 0.2) is 120 Å². The van der Waals surface area contributed by atoms with Crippen LogP contribution in [-0.4, -0.2) is 23.3 Å². The first-order valence-electron chi connectivity index (χ1n) is 12.1. The summed E-state index contributed by atoms with van der Waals surface area (Å²) in [7, 11) is 0. The Hall–Kier alpha value is -3.89. The highest BCUT2D eigenvalue weighted by molar-refractivity contribution is 6.30. The summed E-state index contributed by atoms with van der Waals surface area (Å²) in [6.45, 7) is 2.64. The van der Waals surface area contributed by atoms with Crippen molar-refractivity contribution < 1.29 is 9.53 Å². The van der Waals surface area contributed by atoms with Gasteiger partial charge in [0.1, 0.15) is 5.84 Å². The lowest BCUT2D eigenvalue weighted by molar-refractivity contribution is -0.151. The Morgan fingerprint density at radius 1 is 0.861 bits per heavy atom. The van der Waals surface area contributed by atoms with Crippen LogP contribution in [0.1, 0.15) is 35.2 Å². The van der Waals surface area contributed by atoms with Gasteiger partial charge in [-0.15, -0.1) is 0 Å². The lowest BCUT2D eigenvalue weighted by Gasteiger charge is -2.37. The van der Waals surface area contributed by atoms with E-state index in [0.29, 0.717) is 11.6 Å². The van der Waals surface area contributed by atoms with Crippen LogP contribution < -0.4 is 0 Å². The molecular weight excluding hydrogens is 468 g/mol. The third kappa shape index (κ3) is 4.40. The van der Waals surface area contributed by atoms with Gasteiger partial charge in [-0.05, 0) is 35.7 Å². The zero-order chi connectivity index (χ0) is 25.0. The SMILES string of the molecule is CCOC(=O)[C@]1(c2ccccc2)N=C(c2ccccc2)N(Cc2ccc(Cl)cc2)[C@@H]1c1ccccc1. The maximum Gasteiger partial charge on any atom is 0.341 e. The van der Waals surface area contributed by atoms with E-state index in [-0.39, 0.29) is 12.6 Å². The van der Waals surface area contributed by atoms with Crippen LogP contribution in [0.5, 0.6) is 0 Å². The molecule has 0 saturated carbocycles. The van der Waals surface area contributed by atoms with Gasteiger partial charge in [0.05, 0.1) is 12.6 Å². The number of benzene rings is 4. The van der Waals surface area contributed by atoms with Crippen LogP contribution in [-0.2, 0) is 21.6 Å². The number of halogens is 1. The quantitative estimate of drug-likeness (QED) is 0.265. The number of aliphatic imine (C=N–C) groups is 1. The third-order valence-corrected chi connectivity index (χ3v) is 6.73. The Labute approximate surface area is 216 Å². The van der Waals surface area contributed by atoms with E-state index in [4.69, 9.17) is 21.3 Å². The van der Waals surface area contributed by atoms with Crippen molar-refractivity contribution in [3.8, 4) is 0 Å². The second kappa shape index (κ2) is 10.4. The van der Waals surface area contributed by atoms with Crippen molar-refractivity contribution in [1.29, 1.82) is 0 Å². The van der Waals surface area contributed by atoms with Crippen molar-refractivity contribution >= 4 is 23.4 Å². The predicted octanol–water partition coefficient (Wildman–Crippen LogP) is 6.80. The first-order valence-corrected chi connectivity index (χ1v) is 12.5. The van der Waals surface area contributed by atoms with Gasteiger partial charge in [-0.25, -0.2) is 9.79 Å². The Morgan fingerprint density at radius 2 is 1.44 bits per heavy atom. The van der Waals surface area contributed by atoms with E-state index in [2.05, 4.69) is 17.0 Å². The third-order valence-electron chi connectivity index (χ3n) is 6.48. The minimum absolute atomic E-state index is 0.266. The summed E-state index contributed by atoms with van der Waals surface area (Å²) in [6, 6.07) is 37.2. The van der Waals surface area contributed by atoms with Gasteiger partial charge in [0.25, 0.3) is 0 Å². The van der Waals surface area contributed by atoms with Crippen LogP contribution >= 0.6 is 11.6 Å². The highest BCUT2D eigenvalue weighted by atomic mass is 35.5. The number of esters is 1. The summed E-state index contributed by atoms with van der Waals surface area (Å²) >= 11 is 6.18. The van der Waals surface area contributed by atoms with Crippen molar-refractivity contribution in [1.82, 2.24) is 4.90 Å². The van der Waals surface area contributed by atoms with Gasteiger partial charge in [0.15, 0.2) is 0 Å². The lowest BCUT2D eigenvalue weighted by Crippen LogP contribution is -2.44. The standard InChI is InChI=1S/C31H27ClN2O2/c1-2-36-30(35)31(26-16-10-5-11-17-26)28(24-12-6-3-7-13-24)34(22-23-18-20-27(32)21-19-23)29(33-31)25-14-8-4-9-15-25/h3-21,28H,2,22H2,1H3/t28-,31-/m1/s1. The molecule has 0 radical (unpaired) electrons. The molecule has 0 saturated heterocycles. The second-order valence-electron chi connectivity index (χ2n) is 8.72. The molecule has 0 aromatic heterocycles. The predicted molar refractivity (Wildman–Crippen MR) is 144 cm³/mol. The fourth-order valence-corrected chi connectivity index (χ4v) is 5.02. The van der Waals surface area contributed by atoms with Gasteiger partial charge >= 0.3 is 5.97 Å². The normalized spacial score (nSPS) is 19.1. The molecule has 4 aromatic rings. The fraction of sp³-hybridized carbons (Fsp3) is 0.161. The van der Waals surface area contributed by atoms with Gasteiger partial charge in [0.2, 0.25) is 5.54 Å². The molecule has 0 fully saturated rings. The van der Waals surface area contributed by atoms with Crippen molar-refractivity contribution in [3.05, 3.63) is 143 Å². The molecule has 5 rings (SSSR count). The first-order chi connectivity index (χ1) is 17.6. The van der Waals surface area contributed by atoms with Gasteiger partial charge in [-0.3, -0.25) is 0 Å². The fourth-order valence-electron chi connectivity index (χ4n) is 4.90. The number of ether oxygens (including phenoxy) is 1. The maximum absolute atomic E-state index is 14.0. The zero-order valence-corrected chi connectivity index (χ0v) is 20.8. The summed E-state index contributed by atoms with van der Waals surface area (Å²) < 4.78 is 5.74. The van der Waals surface area contributed by atoms with Crippen molar-refractivity contribution in [2.24, 2.45) is 4.99 Å². The molecule has 36 heavy (non-hydrogen) atoms. The van der Waals surface area contributed by atoms with Crippen molar-refractivity contribution in [3.63, 3.8) is 0 Å². The summed E-state index contributed by atoms with van der Waals surface area (Å²) in [4.78, 5) is 21.5. The van der Waals surface area contributed by atoms with E-state index in [1.165, 1.54) is 0 Å². The van der Waals surface area contributed by atoms with E-state index in [1.807, 2.05) is 110 Å². The molecule has 5 heteroatoms. The molecule has 0 N–H and O–H groups in total. The van der Waals surface area contributed by atoms with Crippen LogP contribution in [0.3, 0.4) is 0 Å². The van der Waals surface area contributed by atoms with Crippen LogP contribution in [0.2, 0.25) is 5.02 Å². The van der Waals surface area contributed by atoms with E-state index in [1.54, 1.807) is 0 Å². The summed E-state index contributed by atoms with van der Waals surface area (Å²) in [6.07, 6.45) is 0. The van der Waals surface area contributed by atoms with Crippen LogP contribution in [0, 0.1) is 0 Å².